The molecule has 0 unspecified atom stereocenters. The van der Waals surface area contributed by atoms with E-state index in [-0.39, 0.29) is 11.5 Å². The molecule has 1 N–H and O–H groups in total. The largest absolute Gasteiger partial charge is 0.507 e. The van der Waals surface area contributed by atoms with E-state index in [1.807, 2.05) is 36.4 Å². The summed E-state index contributed by atoms with van der Waals surface area (Å²) in [5.74, 6) is 0.113. The summed E-state index contributed by atoms with van der Waals surface area (Å²) in [5, 5.41) is 11.5. The highest BCUT2D eigenvalue weighted by Gasteiger charge is 2.34. The van der Waals surface area contributed by atoms with E-state index in [0.717, 1.165) is 47.7 Å². The maximum Gasteiger partial charge on any atom is 0.195 e. The van der Waals surface area contributed by atoms with Gasteiger partial charge in [-0.05, 0) is 37.8 Å². The second-order valence-corrected chi connectivity index (χ2v) is 5.61. The second-order valence-electron chi connectivity index (χ2n) is 5.61. The molecule has 2 aromatic rings. The molecule has 2 aliphatic rings. The Bertz CT molecular complexity index is 830. The maximum atomic E-state index is 12.6. The molecule has 4 rings (SSSR count). The molecule has 3 heteroatoms. The third-order valence-electron chi connectivity index (χ3n) is 4.35. The topological polar surface area (TPSA) is 50.2 Å². The fourth-order valence-corrected chi connectivity index (χ4v) is 3.27. The molecular formula is C18H15NO2. The number of allylic oxidation sites excluding steroid dienone is 3. The van der Waals surface area contributed by atoms with Crippen LogP contribution in [0, 0.1) is 0 Å². The Morgan fingerprint density at radius 3 is 2.52 bits per heavy atom. The fraction of sp³-hybridized carbons (Fsp3) is 0.222. The molecule has 0 fully saturated rings. The van der Waals surface area contributed by atoms with Crippen molar-refractivity contribution in [2.45, 2.75) is 25.7 Å². The average Bonchev–Trinajstić information content (AvgIpc) is 2.79. The lowest BCUT2D eigenvalue weighted by molar-refractivity contribution is -0.110. The first kappa shape index (κ1) is 12.3. The van der Waals surface area contributed by atoms with Crippen molar-refractivity contribution in [3.05, 3.63) is 59.0 Å². The molecule has 21 heavy (non-hydrogen) atoms. The third-order valence-corrected chi connectivity index (χ3v) is 4.35. The number of nitrogens with zero attached hydrogens (tertiary/aromatic N) is 1. The van der Waals surface area contributed by atoms with Gasteiger partial charge in [0.1, 0.15) is 5.76 Å². The average molecular weight is 277 g/mol. The predicted molar refractivity (Wildman–Crippen MR) is 81.8 cm³/mol. The molecule has 1 aromatic carbocycles. The SMILES string of the molecule is O=C1C2=C(CCCC2)C(O)=C1c1ccc2ccccc2n1. The van der Waals surface area contributed by atoms with Gasteiger partial charge in [0, 0.05) is 16.5 Å². The molecule has 0 saturated heterocycles. The number of aromatic nitrogens is 1. The van der Waals surface area contributed by atoms with Crippen molar-refractivity contribution >= 4 is 22.3 Å². The first-order valence-corrected chi connectivity index (χ1v) is 7.32. The van der Waals surface area contributed by atoms with Gasteiger partial charge in [-0.2, -0.15) is 0 Å². The Labute approximate surface area is 122 Å². The number of pyridine rings is 1. The van der Waals surface area contributed by atoms with Crippen LogP contribution in [0.5, 0.6) is 0 Å². The lowest BCUT2D eigenvalue weighted by atomic mass is 9.92. The summed E-state index contributed by atoms with van der Waals surface area (Å²) in [4.78, 5) is 17.1. The fourth-order valence-electron chi connectivity index (χ4n) is 3.27. The maximum absolute atomic E-state index is 12.6. The van der Waals surface area contributed by atoms with Crippen LogP contribution in [0.15, 0.2) is 53.3 Å². The molecule has 1 aromatic heterocycles. The van der Waals surface area contributed by atoms with E-state index in [4.69, 9.17) is 0 Å². The van der Waals surface area contributed by atoms with Gasteiger partial charge in [0.2, 0.25) is 0 Å². The third kappa shape index (κ3) is 1.81. The number of ketones is 1. The first-order valence-electron chi connectivity index (χ1n) is 7.32. The van der Waals surface area contributed by atoms with Gasteiger partial charge in [0.05, 0.1) is 16.8 Å². The molecule has 0 radical (unpaired) electrons. The molecule has 0 bridgehead atoms. The van der Waals surface area contributed by atoms with Crippen LogP contribution in [-0.2, 0) is 4.79 Å². The summed E-state index contributed by atoms with van der Waals surface area (Å²) in [6, 6.07) is 11.6. The van der Waals surface area contributed by atoms with Crippen LogP contribution >= 0.6 is 0 Å². The summed E-state index contributed by atoms with van der Waals surface area (Å²) in [6.45, 7) is 0. The monoisotopic (exact) mass is 277 g/mol. The van der Waals surface area contributed by atoms with E-state index >= 15 is 0 Å². The van der Waals surface area contributed by atoms with Crippen molar-refractivity contribution in [2.75, 3.05) is 0 Å². The normalized spacial score (nSPS) is 18.6. The minimum atomic E-state index is -0.0371. The van der Waals surface area contributed by atoms with Gasteiger partial charge in [0.25, 0.3) is 0 Å². The number of hydrogen-bond acceptors (Lipinski definition) is 3. The number of aliphatic hydroxyl groups is 1. The highest BCUT2D eigenvalue weighted by molar-refractivity contribution is 6.32. The van der Waals surface area contributed by atoms with Crippen LogP contribution in [0.1, 0.15) is 31.4 Å². The van der Waals surface area contributed by atoms with Gasteiger partial charge in [-0.1, -0.05) is 24.3 Å². The van der Waals surface area contributed by atoms with Crippen LogP contribution < -0.4 is 0 Å². The molecule has 0 aliphatic heterocycles. The molecule has 3 nitrogen and oxygen atoms in total. The zero-order chi connectivity index (χ0) is 14.4. The van der Waals surface area contributed by atoms with Gasteiger partial charge in [-0.25, -0.2) is 4.98 Å². The smallest absolute Gasteiger partial charge is 0.195 e. The number of aliphatic hydroxyl groups excluding tert-OH is 1. The predicted octanol–water partition coefficient (Wildman–Crippen LogP) is 3.96. The van der Waals surface area contributed by atoms with Crippen LogP contribution in [0.25, 0.3) is 16.5 Å². The molecule has 1 heterocycles. The van der Waals surface area contributed by atoms with E-state index in [0.29, 0.717) is 11.3 Å². The quantitative estimate of drug-likeness (QED) is 0.858. The molecule has 104 valence electrons. The minimum absolute atomic E-state index is 0.0371. The Kier molecular flexibility index (Phi) is 2.67. The van der Waals surface area contributed by atoms with E-state index in [1.54, 1.807) is 0 Å². The van der Waals surface area contributed by atoms with Crippen LogP contribution in [0.4, 0.5) is 0 Å². The molecular weight excluding hydrogens is 262 g/mol. The molecule has 0 saturated carbocycles. The summed E-state index contributed by atoms with van der Waals surface area (Å²) in [7, 11) is 0. The number of Topliss-reactive ketones (excluding diaryl/α,β-unsaturated/α-hetero) is 1. The zero-order valence-electron chi connectivity index (χ0n) is 11.6. The van der Waals surface area contributed by atoms with E-state index < -0.39 is 0 Å². The van der Waals surface area contributed by atoms with Crippen molar-refractivity contribution in [1.29, 1.82) is 0 Å². The number of hydrogen-bond donors (Lipinski definition) is 1. The van der Waals surface area contributed by atoms with Gasteiger partial charge >= 0.3 is 0 Å². The van der Waals surface area contributed by atoms with E-state index in [1.165, 1.54) is 0 Å². The van der Waals surface area contributed by atoms with Crippen LogP contribution in [0.3, 0.4) is 0 Å². The summed E-state index contributed by atoms with van der Waals surface area (Å²) in [6.07, 6.45) is 3.63. The van der Waals surface area contributed by atoms with Crippen molar-refractivity contribution in [3.8, 4) is 0 Å². The lowest BCUT2D eigenvalue weighted by Crippen LogP contribution is -2.05. The number of benzene rings is 1. The summed E-state index contributed by atoms with van der Waals surface area (Å²) >= 11 is 0. The van der Waals surface area contributed by atoms with Gasteiger partial charge in [-0.15, -0.1) is 0 Å². The Hall–Kier alpha value is -2.42. The number of fused-ring (bicyclic) bond motifs is 1. The van der Waals surface area contributed by atoms with Gasteiger partial charge in [-0.3, -0.25) is 4.79 Å². The van der Waals surface area contributed by atoms with Crippen molar-refractivity contribution in [3.63, 3.8) is 0 Å². The van der Waals surface area contributed by atoms with Crippen LogP contribution in [0.2, 0.25) is 0 Å². The molecule has 2 aliphatic carbocycles. The molecule has 0 atom stereocenters. The van der Waals surface area contributed by atoms with Crippen molar-refractivity contribution in [1.82, 2.24) is 4.98 Å². The van der Waals surface area contributed by atoms with Crippen LogP contribution in [-0.4, -0.2) is 15.9 Å². The zero-order valence-corrected chi connectivity index (χ0v) is 11.6. The van der Waals surface area contributed by atoms with Gasteiger partial charge < -0.3 is 5.11 Å². The number of carbonyl (C=O) groups is 1. The minimum Gasteiger partial charge on any atom is -0.507 e. The summed E-state index contributed by atoms with van der Waals surface area (Å²) < 4.78 is 0. The van der Waals surface area contributed by atoms with Gasteiger partial charge in [0.15, 0.2) is 5.78 Å². The van der Waals surface area contributed by atoms with E-state index in [2.05, 4.69) is 4.98 Å². The number of carbonyl (C=O) groups excluding carboxylic acids is 1. The Morgan fingerprint density at radius 2 is 1.71 bits per heavy atom. The number of para-hydroxylation sites is 1. The Morgan fingerprint density at radius 1 is 0.952 bits per heavy atom. The van der Waals surface area contributed by atoms with Crippen molar-refractivity contribution < 1.29 is 9.90 Å². The Balaban J connectivity index is 1.85. The number of rotatable bonds is 1. The summed E-state index contributed by atoms with van der Waals surface area (Å²) in [5.41, 5.74) is 3.44. The molecule has 0 spiro atoms. The standard InChI is InChI=1S/C18H15NO2/c20-17-12-6-2-3-7-13(12)18(21)16(17)15-10-9-11-5-1-4-8-14(11)19-15/h1,4-5,8-10,20H,2-3,6-7H2. The van der Waals surface area contributed by atoms with Crippen molar-refractivity contribution in [2.24, 2.45) is 0 Å². The molecule has 0 amide bonds. The van der Waals surface area contributed by atoms with E-state index in [9.17, 15) is 9.90 Å². The first-order chi connectivity index (χ1) is 10.3. The second kappa shape index (κ2) is 4.55. The highest BCUT2D eigenvalue weighted by Crippen LogP contribution is 2.41. The highest BCUT2D eigenvalue weighted by atomic mass is 16.3. The lowest BCUT2D eigenvalue weighted by Gasteiger charge is -2.12.